The van der Waals surface area contributed by atoms with Crippen LogP contribution in [-0.2, 0) is 26.0 Å². The number of carbonyl (C=O) groups excluding carboxylic acids is 1. The highest BCUT2D eigenvalue weighted by atomic mass is 35.5. The van der Waals surface area contributed by atoms with Gasteiger partial charge in [0.1, 0.15) is 4.33 Å². The topological polar surface area (TPSA) is 63.7 Å². The lowest BCUT2D eigenvalue weighted by Crippen LogP contribution is -2.29. The molecular formula is C21H19Cl2NO4S. The number of nitrogens with zero attached hydrogens (tertiary/aromatic N) is 1. The summed E-state index contributed by atoms with van der Waals surface area (Å²) in [6.07, 6.45) is 4.19. The number of anilines is 1. The SMILES string of the molecule is O=C(/C=C/c1ccc(S(=O)(=O)N2CCc3ccccc32)cc1)OCC1CC1(Cl)Cl. The molecule has 2 aromatic carbocycles. The lowest BCUT2D eigenvalue weighted by Gasteiger charge is -2.19. The zero-order valence-electron chi connectivity index (χ0n) is 15.4. The number of hydrogen-bond acceptors (Lipinski definition) is 4. The minimum absolute atomic E-state index is 0.0246. The van der Waals surface area contributed by atoms with Crippen LogP contribution >= 0.6 is 23.2 Å². The molecule has 0 amide bonds. The highest BCUT2D eigenvalue weighted by Crippen LogP contribution is 2.53. The normalized spacial score (nSPS) is 19.9. The third-order valence-electron chi connectivity index (χ3n) is 5.11. The van der Waals surface area contributed by atoms with Gasteiger partial charge >= 0.3 is 5.97 Å². The standard InChI is InChI=1S/C21H19Cl2NO4S/c22-21(23)13-17(21)14-28-20(25)10-7-15-5-8-18(9-6-15)29(26,27)24-12-11-16-3-1-2-4-19(16)24/h1-10,17H,11-14H2/b10-7+. The van der Waals surface area contributed by atoms with Crippen molar-refractivity contribution < 1.29 is 17.9 Å². The molecule has 1 heterocycles. The van der Waals surface area contributed by atoms with E-state index in [0.717, 1.165) is 11.3 Å². The first kappa shape index (κ1) is 20.3. The van der Waals surface area contributed by atoms with Gasteiger partial charge in [-0.1, -0.05) is 30.3 Å². The molecular weight excluding hydrogens is 433 g/mol. The molecule has 152 valence electrons. The molecule has 1 unspecified atom stereocenters. The molecule has 5 nitrogen and oxygen atoms in total. The summed E-state index contributed by atoms with van der Waals surface area (Å²) in [5.41, 5.74) is 2.45. The summed E-state index contributed by atoms with van der Waals surface area (Å²) in [6, 6.07) is 13.9. The maximum absolute atomic E-state index is 13.0. The van der Waals surface area contributed by atoms with Gasteiger partial charge in [-0.3, -0.25) is 4.31 Å². The Balaban J connectivity index is 1.41. The van der Waals surface area contributed by atoms with E-state index < -0.39 is 20.3 Å². The van der Waals surface area contributed by atoms with Gasteiger partial charge in [0.05, 0.1) is 17.2 Å². The van der Waals surface area contributed by atoms with Gasteiger partial charge in [0.25, 0.3) is 10.0 Å². The molecule has 0 aromatic heterocycles. The Morgan fingerprint density at radius 2 is 1.86 bits per heavy atom. The molecule has 1 fully saturated rings. The van der Waals surface area contributed by atoms with E-state index >= 15 is 0 Å². The fourth-order valence-electron chi connectivity index (χ4n) is 3.28. The van der Waals surface area contributed by atoms with E-state index in [2.05, 4.69) is 0 Å². The lowest BCUT2D eigenvalue weighted by atomic mass is 10.2. The number of halogens is 2. The predicted octanol–water partition coefficient (Wildman–Crippen LogP) is 4.19. The third kappa shape index (κ3) is 4.29. The summed E-state index contributed by atoms with van der Waals surface area (Å²) in [5.74, 6) is -0.519. The number of para-hydroxylation sites is 1. The van der Waals surface area contributed by atoms with Crippen LogP contribution in [0, 0.1) is 5.92 Å². The Bertz CT molecular complexity index is 1060. The second-order valence-corrected chi connectivity index (χ2v) is 10.6. The van der Waals surface area contributed by atoms with Crippen LogP contribution in [0.3, 0.4) is 0 Å². The summed E-state index contributed by atoms with van der Waals surface area (Å²) in [5, 5.41) is 0. The van der Waals surface area contributed by atoms with Crippen LogP contribution < -0.4 is 4.31 Å². The summed E-state index contributed by atoms with van der Waals surface area (Å²) in [7, 11) is -3.63. The molecule has 1 aliphatic heterocycles. The Morgan fingerprint density at radius 3 is 2.55 bits per heavy atom. The van der Waals surface area contributed by atoms with E-state index in [0.29, 0.717) is 24.9 Å². The van der Waals surface area contributed by atoms with E-state index in [4.69, 9.17) is 27.9 Å². The van der Waals surface area contributed by atoms with Gasteiger partial charge in [-0.15, -0.1) is 23.2 Å². The Hall–Kier alpha value is -2.02. The summed E-state index contributed by atoms with van der Waals surface area (Å²) in [4.78, 5) is 12.0. The largest absolute Gasteiger partial charge is 0.462 e. The van der Waals surface area contributed by atoms with Crippen LogP contribution in [0.5, 0.6) is 0 Å². The minimum atomic E-state index is -3.63. The fourth-order valence-corrected chi connectivity index (χ4v) is 5.28. The summed E-state index contributed by atoms with van der Waals surface area (Å²) in [6.45, 7) is 0.618. The Labute approximate surface area is 179 Å². The predicted molar refractivity (Wildman–Crippen MR) is 114 cm³/mol. The molecule has 0 radical (unpaired) electrons. The zero-order valence-corrected chi connectivity index (χ0v) is 17.8. The summed E-state index contributed by atoms with van der Waals surface area (Å²) >= 11 is 11.8. The molecule has 8 heteroatoms. The molecule has 4 rings (SSSR count). The van der Waals surface area contributed by atoms with E-state index in [1.807, 2.05) is 24.3 Å². The van der Waals surface area contributed by atoms with Crippen molar-refractivity contribution in [2.24, 2.45) is 5.92 Å². The van der Waals surface area contributed by atoms with Crippen molar-refractivity contribution in [3.05, 3.63) is 65.7 Å². The van der Waals surface area contributed by atoms with Crippen LogP contribution in [-0.4, -0.2) is 31.9 Å². The molecule has 1 saturated carbocycles. The molecule has 1 atom stereocenters. The van der Waals surface area contributed by atoms with Crippen molar-refractivity contribution in [1.82, 2.24) is 0 Å². The average Bonchev–Trinajstić information content (AvgIpc) is 3.11. The molecule has 2 aliphatic rings. The first-order valence-corrected chi connectivity index (χ1v) is 11.4. The van der Waals surface area contributed by atoms with Crippen molar-refractivity contribution in [2.75, 3.05) is 17.5 Å². The van der Waals surface area contributed by atoms with E-state index in [9.17, 15) is 13.2 Å². The van der Waals surface area contributed by atoms with Gasteiger partial charge in [0.2, 0.25) is 0 Å². The highest BCUT2D eigenvalue weighted by Gasteiger charge is 2.52. The van der Waals surface area contributed by atoms with Crippen LogP contribution in [0.4, 0.5) is 5.69 Å². The molecule has 0 spiro atoms. The van der Waals surface area contributed by atoms with Crippen molar-refractivity contribution in [1.29, 1.82) is 0 Å². The first-order chi connectivity index (χ1) is 13.8. The smallest absolute Gasteiger partial charge is 0.330 e. The van der Waals surface area contributed by atoms with Crippen molar-refractivity contribution in [3.63, 3.8) is 0 Å². The zero-order chi connectivity index (χ0) is 20.6. The first-order valence-electron chi connectivity index (χ1n) is 9.21. The summed E-state index contributed by atoms with van der Waals surface area (Å²) < 4.78 is 31.8. The van der Waals surface area contributed by atoms with Gasteiger partial charge in [0.15, 0.2) is 0 Å². The average molecular weight is 452 g/mol. The Kier molecular flexibility index (Phi) is 5.36. The molecule has 29 heavy (non-hydrogen) atoms. The Morgan fingerprint density at radius 1 is 1.17 bits per heavy atom. The van der Waals surface area contributed by atoms with Crippen LogP contribution in [0.1, 0.15) is 17.5 Å². The van der Waals surface area contributed by atoms with Crippen molar-refractivity contribution in [2.45, 2.75) is 22.1 Å². The fraction of sp³-hybridized carbons (Fsp3) is 0.286. The van der Waals surface area contributed by atoms with Gasteiger partial charge < -0.3 is 4.74 Å². The number of esters is 1. The second-order valence-electron chi connectivity index (χ2n) is 7.15. The van der Waals surface area contributed by atoms with Gasteiger partial charge in [-0.2, -0.15) is 0 Å². The van der Waals surface area contributed by atoms with E-state index in [1.165, 1.54) is 10.4 Å². The molecule has 0 bridgehead atoms. The van der Waals surface area contributed by atoms with Gasteiger partial charge in [0, 0.05) is 18.5 Å². The molecule has 2 aromatic rings. The maximum Gasteiger partial charge on any atom is 0.330 e. The highest BCUT2D eigenvalue weighted by molar-refractivity contribution is 7.92. The van der Waals surface area contributed by atoms with E-state index in [1.54, 1.807) is 30.3 Å². The quantitative estimate of drug-likeness (QED) is 0.375. The van der Waals surface area contributed by atoms with Crippen LogP contribution in [0.25, 0.3) is 6.08 Å². The number of ether oxygens (including phenoxy) is 1. The lowest BCUT2D eigenvalue weighted by molar-refractivity contribution is -0.138. The number of sulfonamides is 1. The van der Waals surface area contributed by atoms with Crippen molar-refractivity contribution >= 4 is 51.0 Å². The number of rotatable bonds is 6. The van der Waals surface area contributed by atoms with Crippen LogP contribution in [0.15, 0.2) is 59.5 Å². The third-order valence-corrected chi connectivity index (χ3v) is 7.86. The minimum Gasteiger partial charge on any atom is -0.462 e. The molecule has 0 N–H and O–H groups in total. The van der Waals surface area contributed by atoms with Gasteiger partial charge in [-0.25, -0.2) is 13.2 Å². The molecule has 1 aliphatic carbocycles. The number of benzene rings is 2. The number of alkyl halides is 2. The molecule has 0 saturated heterocycles. The number of carbonyl (C=O) groups is 1. The monoisotopic (exact) mass is 451 g/mol. The van der Waals surface area contributed by atoms with E-state index in [-0.39, 0.29) is 17.4 Å². The maximum atomic E-state index is 13.0. The second kappa shape index (κ2) is 7.67. The van der Waals surface area contributed by atoms with Crippen molar-refractivity contribution in [3.8, 4) is 0 Å². The number of fused-ring (bicyclic) bond motifs is 1. The van der Waals surface area contributed by atoms with Crippen LogP contribution in [0.2, 0.25) is 0 Å². The van der Waals surface area contributed by atoms with Gasteiger partial charge in [-0.05, 0) is 48.2 Å². The number of hydrogen-bond donors (Lipinski definition) is 0.